The van der Waals surface area contributed by atoms with Crippen molar-refractivity contribution < 1.29 is 4.39 Å². The van der Waals surface area contributed by atoms with Crippen LogP contribution < -0.4 is 5.84 Å². The van der Waals surface area contributed by atoms with Gasteiger partial charge in [-0.3, -0.25) is 0 Å². The average Bonchev–Trinajstić information content (AvgIpc) is 2.01. The molecule has 0 fully saturated rings. The molecule has 0 saturated carbocycles. The number of hydrogen-bond donors (Lipinski definition) is 1. The summed E-state index contributed by atoms with van der Waals surface area (Å²) in [6.45, 7) is 0. The van der Waals surface area contributed by atoms with Gasteiger partial charge < -0.3 is 5.84 Å². The molecule has 0 aliphatic rings. The van der Waals surface area contributed by atoms with Crippen LogP contribution in [0.5, 0.6) is 0 Å². The van der Waals surface area contributed by atoms with Crippen LogP contribution in [0.3, 0.4) is 0 Å². The third-order valence-corrected chi connectivity index (χ3v) is 2.23. The zero-order valence-corrected chi connectivity index (χ0v) is 8.23. The minimum atomic E-state index is -0.474. The van der Waals surface area contributed by atoms with E-state index >= 15 is 0 Å². The Labute approximate surface area is 82.3 Å². The Hall–Kier alpha value is -0.610. The lowest BCUT2D eigenvalue weighted by Gasteiger charge is -1.99. The molecule has 0 saturated heterocycles. The predicted octanol–water partition coefficient (Wildman–Crippen LogP) is 2.53. The molecule has 0 bridgehead atoms. The molecule has 0 atom stereocenters. The minimum absolute atomic E-state index is 0.0492. The van der Waals surface area contributed by atoms with Crippen LogP contribution in [0, 0.1) is 5.82 Å². The summed E-state index contributed by atoms with van der Waals surface area (Å²) >= 11 is 8.66. The number of nitrogens with two attached hydrogens (primary N) is 1. The SMILES string of the molecule is NN=Cc1cc(Cl)c(F)cc1Br. The molecule has 2 nitrogen and oxygen atoms in total. The highest BCUT2D eigenvalue weighted by Gasteiger charge is 2.04. The minimum Gasteiger partial charge on any atom is -0.323 e. The smallest absolute Gasteiger partial charge is 0.142 e. The van der Waals surface area contributed by atoms with Crippen LogP contribution in [-0.4, -0.2) is 6.21 Å². The zero-order valence-electron chi connectivity index (χ0n) is 5.89. The molecule has 1 aromatic carbocycles. The maximum absolute atomic E-state index is 12.8. The van der Waals surface area contributed by atoms with E-state index < -0.39 is 5.82 Å². The van der Waals surface area contributed by atoms with Gasteiger partial charge in [-0.1, -0.05) is 27.5 Å². The van der Waals surface area contributed by atoms with Crippen molar-refractivity contribution >= 4 is 33.7 Å². The summed E-state index contributed by atoms with van der Waals surface area (Å²) in [7, 11) is 0. The Morgan fingerprint density at radius 2 is 2.25 bits per heavy atom. The van der Waals surface area contributed by atoms with Gasteiger partial charge in [0.25, 0.3) is 0 Å². The Balaban J connectivity index is 3.23. The fourth-order valence-electron chi connectivity index (χ4n) is 0.717. The largest absolute Gasteiger partial charge is 0.323 e. The van der Waals surface area contributed by atoms with Crippen molar-refractivity contribution in [3.05, 3.63) is 33.0 Å². The van der Waals surface area contributed by atoms with Crippen molar-refractivity contribution in [2.75, 3.05) is 0 Å². The summed E-state index contributed by atoms with van der Waals surface area (Å²) in [5.74, 6) is 4.45. The van der Waals surface area contributed by atoms with E-state index in [1.54, 1.807) is 0 Å². The predicted molar refractivity (Wildman–Crippen MR) is 50.9 cm³/mol. The molecule has 0 spiro atoms. The van der Waals surface area contributed by atoms with Gasteiger partial charge in [-0.05, 0) is 12.1 Å². The lowest BCUT2D eigenvalue weighted by atomic mass is 10.2. The molecule has 0 aliphatic heterocycles. The van der Waals surface area contributed by atoms with Crippen molar-refractivity contribution in [2.24, 2.45) is 10.9 Å². The molecule has 12 heavy (non-hydrogen) atoms. The van der Waals surface area contributed by atoms with Gasteiger partial charge >= 0.3 is 0 Å². The molecule has 5 heteroatoms. The monoisotopic (exact) mass is 250 g/mol. The topological polar surface area (TPSA) is 38.4 Å². The van der Waals surface area contributed by atoms with Gasteiger partial charge in [0, 0.05) is 10.0 Å². The van der Waals surface area contributed by atoms with Crippen molar-refractivity contribution in [3.63, 3.8) is 0 Å². The molecule has 1 aromatic rings. The quantitative estimate of drug-likeness (QED) is 0.354. The third-order valence-electron chi connectivity index (χ3n) is 1.25. The van der Waals surface area contributed by atoms with Crippen LogP contribution in [-0.2, 0) is 0 Å². The summed E-state index contributed by atoms with van der Waals surface area (Å²) in [6, 6.07) is 2.71. The number of rotatable bonds is 1. The Morgan fingerprint density at radius 1 is 1.58 bits per heavy atom. The first-order valence-electron chi connectivity index (χ1n) is 3.03. The van der Waals surface area contributed by atoms with Gasteiger partial charge in [0.15, 0.2) is 0 Å². The Morgan fingerprint density at radius 3 is 2.83 bits per heavy atom. The first-order chi connectivity index (χ1) is 5.65. The lowest BCUT2D eigenvalue weighted by Crippen LogP contribution is -1.89. The normalized spacial score (nSPS) is 10.9. The van der Waals surface area contributed by atoms with Gasteiger partial charge in [0.05, 0.1) is 11.2 Å². The van der Waals surface area contributed by atoms with Crippen LogP contribution in [0.2, 0.25) is 5.02 Å². The Bertz CT molecular complexity index is 327. The highest BCUT2D eigenvalue weighted by Crippen LogP contribution is 2.23. The van der Waals surface area contributed by atoms with E-state index in [9.17, 15) is 4.39 Å². The van der Waals surface area contributed by atoms with Crippen molar-refractivity contribution in [1.82, 2.24) is 0 Å². The second-order valence-corrected chi connectivity index (χ2v) is 3.33. The molecule has 0 aliphatic carbocycles. The van der Waals surface area contributed by atoms with Crippen LogP contribution in [0.4, 0.5) is 4.39 Å². The first-order valence-corrected chi connectivity index (χ1v) is 4.20. The summed E-state index contributed by atoms with van der Waals surface area (Å²) in [6.07, 6.45) is 1.38. The maximum atomic E-state index is 12.8. The van der Waals surface area contributed by atoms with E-state index in [1.807, 2.05) is 0 Å². The van der Waals surface area contributed by atoms with Crippen molar-refractivity contribution in [2.45, 2.75) is 0 Å². The fraction of sp³-hybridized carbons (Fsp3) is 0. The summed E-state index contributed by atoms with van der Waals surface area (Å²) in [4.78, 5) is 0. The number of nitrogens with zero attached hydrogens (tertiary/aromatic N) is 1. The number of hydrogen-bond acceptors (Lipinski definition) is 2. The summed E-state index contributed by atoms with van der Waals surface area (Å²) in [5, 5.41) is 3.35. The molecule has 1 rings (SSSR count). The number of hydrazone groups is 1. The van der Waals surface area contributed by atoms with Gasteiger partial charge in [-0.15, -0.1) is 0 Å². The van der Waals surface area contributed by atoms with Crippen LogP contribution in [0.15, 0.2) is 21.7 Å². The lowest BCUT2D eigenvalue weighted by molar-refractivity contribution is 0.627. The zero-order chi connectivity index (χ0) is 9.14. The highest BCUT2D eigenvalue weighted by atomic mass is 79.9. The molecule has 2 N–H and O–H groups in total. The van der Waals surface area contributed by atoms with Gasteiger partial charge in [0.1, 0.15) is 5.82 Å². The molecule has 0 heterocycles. The summed E-state index contributed by atoms with van der Waals surface area (Å²) in [5.41, 5.74) is 0.643. The number of benzene rings is 1. The second-order valence-electron chi connectivity index (χ2n) is 2.07. The van der Waals surface area contributed by atoms with Crippen molar-refractivity contribution in [3.8, 4) is 0 Å². The van der Waals surface area contributed by atoms with Gasteiger partial charge in [-0.25, -0.2) is 4.39 Å². The molecule has 0 unspecified atom stereocenters. The van der Waals surface area contributed by atoms with Crippen molar-refractivity contribution in [1.29, 1.82) is 0 Å². The van der Waals surface area contributed by atoms with E-state index in [0.717, 1.165) is 0 Å². The molecular weight excluding hydrogens is 246 g/mol. The van der Waals surface area contributed by atoms with Gasteiger partial charge in [0.2, 0.25) is 0 Å². The van der Waals surface area contributed by atoms with E-state index in [0.29, 0.717) is 10.0 Å². The molecular formula is C7H5BrClFN2. The number of halogens is 3. The summed E-state index contributed by atoms with van der Waals surface area (Å²) < 4.78 is 13.3. The van der Waals surface area contributed by atoms with E-state index in [-0.39, 0.29) is 5.02 Å². The van der Waals surface area contributed by atoms with Crippen LogP contribution in [0.25, 0.3) is 0 Å². The second kappa shape index (κ2) is 3.87. The average molecular weight is 251 g/mol. The maximum Gasteiger partial charge on any atom is 0.142 e. The third kappa shape index (κ3) is 1.95. The molecule has 0 amide bonds. The molecule has 0 aromatic heterocycles. The Kier molecular flexibility index (Phi) is 3.05. The van der Waals surface area contributed by atoms with E-state index in [2.05, 4.69) is 21.0 Å². The van der Waals surface area contributed by atoms with E-state index in [4.69, 9.17) is 17.4 Å². The highest BCUT2D eigenvalue weighted by molar-refractivity contribution is 9.10. The van der Waals surface area contributed by atoms with Crippen LogP contribution in [0.1, 0.15) is 5.56 Å². The van der Waals surface area contributed by atoms with Crippen LogP contribution >= 0.6 is 27.5 Å². The first kappa shape index (κ1) is 9.48. The standard InChI is InChI=1S/C7H5BrClFN2/c8-5-2-7(10)6(9)1-4(5)3-12-11/h1-3H,11H2. The molecule has 64 valence electrons. The molecule has 0 radical (unpaired) electrons. The van der Waals surface area contributed by atoms with Gasteiger partial charge in [-0.2, -0.15) is 5.10 Å². The van der Waals surface area contributed by atoms with E-state index in [1.165, 1.54) is 18.3 Å². The fourth-order valence-corrected chi connectivity index (χ4v) is 1.31.